The molecule has 0 saturated heterocycles. The Labute approximate surface area is 133 Å². The van der Waals surface area contributed by atoms with E-state index in [-0.39, 0.29) is 0 Å². The molecule has 0 heterocycles. The Bertz CT molecular complexity index is 348. The molecule has 1 rings (SSSR count). The molecule has 0 atom stereocenters. The molecule has 1 aromatic carbocycles. The van der Waals surface area contributed by atoms with Crippen LogP contribution < -0.4 is 9.47 Å². The van der Waals surface area contributed by atoms with E-state index < -0.39 is 0 Å². The zero-order valence-corrected chi connectivity index (χ0v) is 14.8. The van der Waals surface area contributed by atoms with Crippen molar-refractivity contribution in [2.24, 2.45) is 5.41 Å². The van der Waals surface area contributed by atoms with Crippen LogP contribution in [-0.2, 0) is 0 Å². The van der Waals surface area contributed by atoms with E-state index in [1.165, 1.54) is 12.8 Å². The van der Waals surface area contributed by atoms with Crippen LogP contribution in [0.25, 0.3) is 0 Å². The number of benzene rings is 1. The molecule has 0 bridgehead atoms. The van der Waals surface area contributed by atoms with Crippen molar-refractivity contribution in [3.05, 3.63) is 24.3 Å². The number of ether oxygens (including phenoxy) is 2. The summed E-state index contributed by atoms with van der Waals surface area (Å²) in [5, 5.41) is 2.01. The molecule has 4 heteroatoms. The molecule has 2 nitrogen and oxygen atoms in total. The maximum Gasteiger partial charge on any atom is 0.119 e. The molecule has 1 aromatic rings. The van der Waals surface area contributed by atoms with Gasteiger partial charge in [-0.1, -0.05) is 45.2 Å². The van der Waals surface area contributed by atoms with Gasteiger partial charge in [-0.15, -0.1) is 0 Å². The largest absolute Gasteiger partial charge is 0.497 e. The first-order chi connectivity index (χ1) is 9.19. The van der Waals surface area contributed by atoms with Gasteiger partial charge in [0.1, 0.15) is 11.5 Å². The summed E-state index contributed by atoms with van der Waals surface area (Å²) in [4.78, 5) is 0. The van der Waals surface area contributed by atoms with Gasteiger partial charge < -0.3 is 9.47 Å². The van der Waals surface area contributed by atoms with Gasteiger partial charge >= 0.3 is 0 Å². The van der Waals surface area contributed by atoms with Crippen molar-refractivity contribution in [1.82, 2.24) is 0 Å². The molecule has 0 aliphatic rings. The van der Waals surface area contributed by atoms with Crippen LogP contribution in [0.4, 0.5) is 0 Å². The van der Waals surface area contributed by atoms with E-state index in [0.717, 1.165) is 35.2 Å². The second-order valence-corrected chi connectivity index (χ2v) is 5.91. The first-order valence-electron chi connectivity index (χ1n) is 6.58. The lowest BCUT2D eigenvalue weighted by Crippen LogP contribution is -2.27. The topological polar surface area (TPSA) is 18.5 Å². The molecule has 0 radical (unpaired) electrons. The summed E-state index contributed by atoms with van der Waals surface area (Å²) in [6.07, 6.45) is 3.44. The lowest BCUT2D eigenvalue weighted by Gasteiger charge is -2.29. The highest BCUT2D eigenvalue weighted by Gasteiger charge is 2.26. The van der Waals surface area contributed by atoms with Crippen molar-refractivity contribution in [1.29, 1.82) is 0 Å². The van der Waals surface area contributed by atoms with Crippen LogP contribution in [0.5, 0.6) is 11.5 Å². The van der Waals surface area contributed by atoms with Crippen LogP contribution >= 0.6 is 31.9 Å². The van der Waals surface area contributed by atoms with E-state index in [1.54, 1.807) is 7.11 Å². The minimum atomic E-state index is 0.293. The Balaban J connectivity index is 2.46. The lowest BCUT2D eigenvalue weighted by atomic mass is 9.85. The van der Waals surface area contributed by atoms with Crippen LogP contribution in [0.15, 0.2) is 24.3 Å². The molecule has 0 saturated carbocycles. The second kappa shape index (κ2) is 8.85. The SMILES string of the molecule is CCCC(CBr)(CBr)CCOc1ccc(OC)cc1. The first-order valence-corrected chi connectivity index (χ1v) is 8.83. The minimum Gasteiger partial charge on any atom is -0.497 e. The monoisotopic (exact) mass is 392 g/mol. The maximum atomic E-state index is 5.81. The summed E-state index contributed by atoms with van der Waals surface area (Å²) in [6.45, 7) is 2.97. The van der Waals surface area contributed by atoms with Crippen LogP contribution in [-0.4, -0.2) is 24.4 Å². The van der Waals surface area contributed by atoms with Crippen LogP contribution in [0.1, 0.15) is 26.2 Å². The highest BCUT2D eigenvalue weighted by Crippen LogP contribution is 2.33. The minimum absolute atomic E-state index is 0.293. The van der Waals surface area contributed by atoms with Gasteiger partial charge in [-0.2, -0.15) is 0 Å². The molecule has 0 aromatic heterocycles. The first kappa shape index (κ1) is 16.8. The Kier molecular flexibility index (Phi) is 7.84. The number of methoxy groups -OCH3 is 1. The van der Waals surface area contributed by atoms with E-state index in [2.05, 4.69) is 38.8 Å². The van der Waals surface area contributed by atoms with Crippen LogP contribution in [0.3, 0.4) is 0 Å². The van der Waals surface area contributed by atoms with Crippen LogP contribution in [0, 0.1) is 5.41 Å². The number of hydrogen-bond acceptors (Lipinski definition) is 2. The molecule has 0 aliphatic heterocycles. The summed E-state index contributed by atoms with van der Waals surface area (Å²) >= 11 is 7.27. The maximum absolute atomic E-state index is 5.81. The molecule has 19 heavy (non-hydrogen) atoms. The zero-order chi connectivity index (χ0) is 14.1. The summed E-state index contributed by atoms with van der Waals surface area (Å²) in [7, 11) is 1.67. The highest BCUT2D eigenvalue weighted by molar-refractivity contribution is 9.09. The smallest absolute Gasteiger partial charge is 0.119 e. The third-order valence-corrected chi connectivity index (χ3v) is 5.69. The lowest BCUT2D eigenvalue weighted by molar-refractivity contribution is 0.226. The van der Waals surface area contributed by atoms with E-state index in [4.69, 9.17) is 9.47 Å². The van der Waals surface area contributed by atoms with Gasteiger partial charge in [-0.25, -0.2) is 0 Å². The molecule has 0 N–H and O–H groups in total. The molecule has 0 amide bonds. The summed E-state index contributed by atoms with van der Waals surface area (Å²) in [5.41, 5.74) is 0.293. The second-order valence-electron chi connectivity index (χ2n) is 4.79. The summed E-state index contributed by atoms with van der Waals surface area (Å²) < 4.78 is 10.9. The van der Waals surface area contributed by atoms with Gasteiger partial charge in [0.25, 0.3) is 0 Å². The van der Waals surface area contributed by atoms with Crippen LogP contribution in [0.2, 0.25) is 0 Å². The molecule has 0 aliphatic carbocycles. The average molecular weight is 394 g/mol. The van der Waals surface area contributed by atoms with Crippen molar-refractivity contribution in [3.63, 3.8) is 0 Å². The molecule has 0 unspecified atom stereocenters. The van der Waals surface area contributed by atoms with Gasteiger partial charge in [0, 0.05) is 10.7 Å². The predicted molar refractivity (Wildman–Crippen MR) is 88.0 cm³/mol. The number of alkyl halides is 2. The number of hydrogen-bond donors (Lipinski definition) is 0. The fraction of sp³-hybridized carbons (Fsp3) is 0.600. The van der Waals surface area contributed by atoms with Gasteiger partial charge in [0.05, 0.1) is 13.7 Å². The van der Waals surface area contributed by atoms with Crippen molar-refractivity contribution >= 4 is 31.9 Å². The third-order valence-electron chi connectivity index (χ3n) is 3.31. The van der Waals surface area contributed by atoms with Crippen molar-refractivity contribution in [3.8, 4) is 11.5 Å². The van der Waals surface area contributed by atoms with E-state index in [9.17, 15) is 0 Å². The molecule has 0 spiro atoms. The Morgan fingerprint density at radius 3 is 2.05 bits per heavy atom. The van der Waals surface area contributed by atoms with Crippen molar-refractivity contribution in [2.45, 2.75) is 26.2 Å². The van der Waals surface area contributed by atoms with Gasteiger partial charge in [-0.05, 0) is 42.5 Å². The zero-order valence-electron chi connectivity index (χ0n) is 11.6. The Morgan fingerprint density at radius 1 is 1.00 bits per heavy atom. The van der Waals surface area contributed by atoms with E-state index in [1.807, 2.05) is 24.3 Å². The van der Waals surface area contributed by atoms with Gasteiger partial charge in [0.15, 0.2) is 0 Å². The molecule has 108 valence electrons. The molecular formula is C15H22Br2O2. The van der Waals surface area contributed by atoms with Gasteiger partial charge in [-0.3, -0.25) is 0 Å². The van der Waals surface area contributed by atoms with Crippen molar-refractivity contribution < 1.29 is 9.47 Å². The molecule has 0 fully saturated rings. The van der Waals surface area contributed by atoms with Crippen molar-refractivity contribution in [2.75, 3.05) is 24.4 Å². The molecular weight excluding hydrogens is 372 g/mol. The summed E-state index contributed by atoms with van der Waals surface area (Å²) in [5.74, 6) is 1.75. The number of rotatable bonds is 9. The Hall–Kier alpha value is -0.220. The predicted octanol–water partition coefficient (Wildman–Crippen LogP) is 5.04. The van der Waals surface area contributed by atoms with E-state index in [0.29, 0.717) is 5.41 Å². The quantitative estimate of drug-likeness (QED) is 0.547. The van der Waals surface area contributed by atoms with E-state index >= 15 is 0 Å². The fourth-order valence-corrected chi connectivity index (χ4v) is 4.07. The standard InChI is InChI=1S/C15H22Br2O2/c1-3-8-15(11-16,12-17)9-10-19-14-6-4-13(18-2)5-7-14/h4-7H,3,8-12H2,1-2H3. The fourth-order valence-electron chi connectivity index (χ4n) is 2.02. The highest BCUT2D eigenvalue weighted by atomic mass is 79.9. The summed E-state index contributed by atoms with van der Waals surface area (Å²) in [6, 6.07) is 7.73. The van der Waals surface area contributed by atoms with Gasteiger partial charge in [0.2, 0.25) is 0 Å². The normalized spacial score (nSPS) is 11.4. The number of halogens is 2. The average Bonchev–Trinajstić information content (AvgIpc) is 2.47. The third kappa shape index (κ3) is 5.35. The Morgan fingerprint density at radius 2 is 1.58 bits per heavy atom.